The highest BCUT2D eigenvalue weighted by Gasteiger charge is 2.52. The monoisotopic (exact) mass is 1060 g/mol. The van der Waals surface area contributed by atoms with Crippen LogP contribution >= 0.6 is 0 Å². The van der Waals surface area contributed by atoms with E-state index in [2.05, 4.69) is 272 Å². The fourth-order valence-corrected chi connectivity index (χ4v) is 15.2. The van der Waals surface area contributed by atoms with Gasteiger partial charge in [-0.05, 0) is 190 Å². The molecule has 10 aromatic carbocycles. The molecule has 15 rings (SSSR count). The molecule has 0 radical (unpaired) electrons. The van der Waals surface area contributed by atoms with Crippen LogP contribution in [0, 0.1) is 6.92 Å². The molecule has 396 valence electrons. The summed E-state index contributed by atoms with van der Waals surface area (Å²) in [6.07, 6.45) is 11.6. The lowest BCUT2D eigenvalue weighted by Gasteiger charge is -2.34. The zero-order valence-electron chi connectivity index (χ0n) is 46.6. The second-order valence-electron chi connectivity index (χ2n) is 22.9. The number of hydrogen-bond acceptors (Lipinski definition) is 2. The zero-order valence-corrected chi connectivity index (χ0v) is 46.6. The Labute approximate surface area is 482 Å². The van der Waals surface area contributed by atoms with Crippen LogP contribution in [0.2, 0.25) is 0 Å². The molecule has 2 N–H and O–H groups in total. The molecule has 11 aromatic rings. The topological polar surface area (TPSA) is 34.2 Å². The molecule has 1 aromatic heterocycles. The van der Waals surface area contributed by atoms with Crippen molar-refractivity contribution in [1.82, 2.24) is 4.57 Å². The van der Waals surface area contributed by atoms with Crippen molar-refractivity contribution in [2.24, 2.45) is 5.73 Å². The highest BCUT2D eigenvalue weighted by molar-refractivity contribution is 6.05. The summed E-state index contributed by atoms with van der Waals surface area (Å²) in [4.78, 5) is 2.65. The number of allylic oxidation sites excluding steroid dienone is 4. The van der Waals surface area contributed by atoms with Gasteiger partial charge in [0.1, 0.15) is 0 Å². The Kier molecular flexibility index (Phi) is 12.4. The maximum absolute atomic E-state index is 6.78. The lowest BCUT2D eigenvalue weighted by Crippen LogP contribution is -2.26. The predicted octanol–water partition coefficient (Wildman–Crippen LogP) is 19.6. The van der Waals surface area contributed by atoms with Crippen molar-refractivity contribution in [3.8, 4) is 39.1 Å². The molecular weight excluding hydrogens is 991 g/mol. The van der Waals surface area contributed by atoms with E-state index in [-0.39, 0.29) is 5.92 Å². The molecule has 4 aliphatic rings. The lowest BCUT2D eigenvalue weighted by molar-refractivity contribution is 0.585. The first-order valence-corrected chi connectivity index (χ1v) is 29.6. The first-order valence-electron chi connectivity index (χ1n) is 29.6. The first-order chi connectivity index (χ1) is 40.5. The van der Waals surface area contributed by atoms with E-state index in [1.807, 2.05) is 0 Å². The second-order valence-corrected chi connectivity index (χ2v) is 22.9. The third kappa shape index (κ3) is 7.74. The van der Waals surface area contributed by atoms with Crippen molar-refractivity contribution < 1.29 is 0 Å². The summed E-state index contributed by atoms with van der Waals surface area (Å²) in [6.45, 7) is 7.52. The van der Waals surface area contributed by atoms with Crippen molar-refractivity contribution >= 4 is 39.1 Å². The number of nitrogens with two attached hydrogens (primary N) is 1. The van der Waals surface area contributed by atoms with Crippen LogP contribution in [0.3, 0.4) is 0 Å². The molecule has 1 atom stereocenters. The highest BCUT2D eigenvalue weighted by atomic mass is 15.2. The summed E-state index contributed by atoms with van der Waals surface area (Å²) >= 11 is 0. The largest absolute Gasteiger partial charge is 0.330 e. The van der Waals surface area contributed by atoms with Gasteiger partial charge in [-0.1, -0.05) is 219 Å². The van der Waals surface area contributed by atoms with E-state index in [0.717, 1.165) is 73.1 Å². The van der Waals surface area contributed by atoms with Crippen molar-refractivity contribution in [2.45, 2.75) is 63.2 Å². The average molecular weight is 1060 g/mol. The molecule has 0 bridgehead atoms. The Hall–Kier alpha value is -9.28. The maximum Gasteiger partial charge on any atom is 0.0726 e. The number of fused-ring (bicyclic) bond motifs is 14. The molecule has 3 heteroatoms. The molecule has 1 unspecified atom stereocenters. The molecule has 0 aliphatic heterocycles. The Balaban J connectivity index is 0.999. The highest BCUT2D eigenvalue weighted by Crippen LogP contribution is 2.65. The van der Waals surface area contributed by atoms with Crippen molar-refractivity contribution in [3.05, 3.63) is 322 Å². The van der Waals surface area contributed by atoms with E-state index in [0.29, 0.717) is 6.54 Å². The van der Waals surface area contributed by atoms with E-state index in [4.69, 9.17) is 5.73 Å². The number of hydrogen-bond donors (Lipinski definition) is 1. The number of anilines is 3. The summed E-state index contributed by atoms with van der Waals surface area (Å²) in [5.74, 6) is 0.146. The van der Waals surface area contributed by atoms with Gasteiger partial charge in [-0.3, -0.25) is 0 Å². The molecule has 3 nitrogen and oxygen atoms in total. The quantitative estimate of drug-likeness (QED) is 0.125. The van der Waals surface area contributed by atoms with Crippen LogP contribution in [0.15, 0.2) is 261 Å². The summed E-state index contributed by atoms with van der Waals surface area (Å²) in [5, 5.41) is 1.32. The van der Waals surface area contributed by atoms with Crippen LogP contribution < -0.4 is 10.6 Å². The molecule has 4 aliphatic carbocycles. The third-order valence-electron chi connectivity index (χ3n) is 18.7. The van der Waals surface area contributed by atoms with Gasteiger partial charge in [0.25, 0.3) is 0 Å². The SMILES string of the molecule is C=C(c1ccccc1)c1ccccc1CCC(CCN)c1cccc(N(c2ccc3c4c(n(-c5ccccc5)c3c2)CCC2=C4CCC=C2)c2cccc3c2-c2ccccc2C32c3ccccc3-c3ccccc32)c1-c1ccccc1C. The Morgan fingerprint density at radius 2 is 1.18 bits per heavy atom. The van der Waals surface area contributed by atoms with Crippen LogP contribution in [0.5, 0.6) is 0 Å². The minimum absolute atomic E-state index is 0.146. The predicted molar refractivity (Wildman–Crippen MR) is 344 cm³/mol. The van der Waals surface area contributed by atoms with E-state index < -0.39 is 5.41 Å². The zero-order chi connectivity index (χ0) is 54.9. The van der Waals surface area contributed by atoms with Gasteiger partial charge in [0.15, 0.2) is 0 Å². The minimum atomic E-state index is -0.513. The van der Waals surface area contributed by atoms with Gasteiger partial charge in [-0.25, -0.2) is 0 Å². The fraction of sp³-hybridized carbons (Fsp3) is 0.139. The van der Waals surface area contributed by atoms with Gasteiger partial charge in [0.2, 0.25) is 0 Å². The number of rotatable bonds is 13. The second kappa shape index (κ2) is 20.4. The standard InChI is InChI=1S/C79H65N3/c1-52-23-9-12-30-60(52)76-63(57(49-50-80)44-43-55-26-10-13-31-61(55)53(2)54-24-5-3-6-25-54)36-21-41-72(76)82(59-46-47-67-75(51-59)81(58-28-7-4-8-29-58)74-48-45-56-27-11-14-32-62(56)77(67)74)73-42-22-40-71-78(73)66-35-17-20-39-70(66)79(71)68-37-18-15-33-64(68)65-34-16-19-38-69(65)79/h3-13,15-31,33-42,46-47,51,57H,2,14,32,43-45,48-50,80H2,1H3. The van der Waals surface area contributed by atoms with Crippen LogP contribution in [0.4, 0.5) is 17.1 Å². The number of aromatic nitrogens is 1. The average Bonchev–Trinajstić information content (AvgIpc) is 3.62. The van der Waals surface area contributed by atoms with Gasteiger partial charge in [-0.15, -0.1) is 0 Å². The Morgan fingerprint density at radius 3 is 1.93 bits per heavy atom. The van der Waals surface area contributed by atoms with Gasteiger partial charge in [0.05, 0.1) is 22.3 Å². The third-order valence-corrected chi connectivity index (χ3v) is 18.7. The normalized spacial score (nSPS) is 14.5. The Morgan fingerprint density at radius 1 is 0.561 bits per heavy atom. The van der Waals surface area contributed by atoms with Gasteiger partial charge < -0.3 is 15.2 Å². The number of para-hydroxylation sites is 1. The fourth-order valence-electron chi connectivity index (χ4n) is 15.2. The van der Waals surface area contributed by atoms with Crippen molar-refractivity contribution in [3.63, 3.8) is 0 Å². The minimum Gasteiger partial charge on any atom is -0.330 e. The van der Waals surface area contributed by atoms with Crippen molar-refractivity contribution in [1.29, 1.82) is 0 Å². The molecule has 0 saturated heterocycles. The van der Waals surface area contributed by atoms with E-state index in [9.17, 15) is 0 Å². The van der Waals surface area contributed by atoms with E-state index in [1.54, 1.807) is 0 Å². The molecule has 1 spiro atoms. The summed E-state index contributed by atoms with van der Waals surface area (Å²) in [7, 11) is 0. The van der Waals surface area contributed by atoms with Crippen LogP contribution in [-0.2, 0) is 18.3 Å². The maximum atomic E-state index is 6.78. The van der Waals surface area contributed by atoms with Gasteiger partial charge in [-0.2, -0.15) is 0 Å². The van der Waals surface area contributed by atoms with E-state index >= 15 is 0 Å². The summed E-state index contributed by atoms with van der Waals surface area (Å²) < 4.78 is 2.60. The number of benzene rings is 10. The molecule has 0 saturated carbocycles. The first kappa shape index (κ1) is 49.7. The van der Waals surface area contributed by atoms with Crippen LogP contribution in [0.1, 0.15) is 99.4 Å². The summed E-state index contributed by atoms with van der Waals surface area (Å²) in [6, 6.07) is 88.9. The van der Waals surface area contributed by atoms with Crippen LogP contribution in [-0.4, -0.2) is 11.1 Å². The number of nitrogens with zero attached hydrogens (tertiary/aromatic N) is 2. The van der Waals surface area contributed by atoms with Crippen LogP contribution in [0.25, 0.3) is 61.1 Å². The van der Waals surface area contributed by atoms with Gasteiger partial charge >= 0.3 is 0 Å². The molecule has 82 heavy (non-hydrogen) atoms. The molecule has 0 fully saturated rings. The summed E-state index contributed by atoms with van der Waals surface area (Å²) in [5.41, 5.74) is 38.2. The molecule has 0 amide bonds. The smallest absolute Gasteiger partial charge is 0.0726 e. The van der Waals surface area contributed by atoms with Crippen molar-refractivity contribution in [2.75, 3.05) is 11.4 Å². The molecule has 1 heterocycles. The lowest BCUT2D eigenvalue weighted by atomic mass is 9.70. The van der Waals surface area contributed by atoms with Gasteiger partial charge in [0, 0.05) is 39.1 Å². The van der Waals surface area contributed by atoms with E-state index in [1.165, 1.54) is 117 Å². The number of aryl methyl sites for hydroxylation is 2. The molecular formula is C79H65N3. The Bertz CT molecular complexity index is 4350.